The van der Waals surface area contributed by atoms with E-state index in [1.54, 1.807) is 24.4 Å². The Morgan fingerprint density at radius 1 is 1.21 bits per heavy atom. The molecule has 0 aliphatic rings. The third-order valence-corrected chi connectivity index (χ3v) is 4.61. The van der Waals surface area contributed by atoms with Crippen molar-refractivity contribution in [3.05, 3.63) is 69.7 Å². The summed E-state index contributed by atoms with van der Waals surface area (Å²) in [5.74, 6) is 0.254. The highest BCUT2D eigenvalue weighted by Crippen LogP contribution is 2.31. The van der Waals surface area contributed by atoms with E-state index in [1.807, 2.05) is 19.9 Å². The van der Waals surface area contributed by atoms with E-state index in [9.17, 15) is 9.18 Å². The van der Waals surface area contributed by atoms with Gasteiger partial charge in [0.05, 0.1) is 17.1 Å². The maximum Gasteiger partial charge on any atom is 0.261 e. The molecule has 1 N–H and O–H groups in total. The van der Waals surface area contributed by atoms with Crippen LogP contribution in [0.15, 0.2) is 42.6 Å². The number of hydrogen-bond acceptors (Lipinski definition) is 4. The second-order valence-electron chi connectivity index (χ2n) is 5.37. The highest BCUT2D eigenvalue weighted by Gasteiger charge is 2.13. The molecule has 0 unspecified atom stereocenters. The first-order valence-corrected chi connectivity index (χ1v) is 8.27. The van der Waals surface area contributed by atoms with Crippen molar-refractivity contribution in [2.75, 3.05) is 0 Å². The number of nitrogens with one attached hydrogen (secondary N) is 1. The number of rotatable bonds is 4. The molecule has 0 bridgehead atoms. The Morgan fingerprint density at radius 3 is 2.67 bits per heavy atom. The van der Waals surface area contributed by atoms with Gasteiger partial charge in [-0.1, -0.05) is 12.1 Å². The number of amides is 1. The molecule has 0 atom stereocenters. The zero-order chi connectivity index (χ0) is 17.1. The van der Waals surface area contributed by atoms with Crippen LogP contribution in [0.4, 0.5) is 4.39 Å². The van der Waals surface area contributed by atoms with Gasteiger partial charge in [0, 0.05) is 11.1 Å². The Hall–Kier alpha value is -2.60. The van der Waals surface area contributed by atoms with Crippen LogP contribution in [0, 0.1) is 19.7 Å². The van der Waals surface area contributed by atoms with Crippen molar-refractivity contribution in [1.82, 2.24) is 15.3 Å². The fourth-order valence-corrected chi connectivity index (χ4v) is 3.33. The summed E-state index contributed by atoms with van der Waals surface area (Å²) in [4.78, 5) is 22.3. The van der Waals surface area contributed by atoms with Crippen molar-refractivity contribution in [3.8, 4) is 11.1 Å². The normalized spacial score (nSPS) is 10.6. The summed E-state index contributed by atoms with van der Waals surface area (Å²) < 4.78 is 13.1. The summed E-state index contributed by atoms with van der Waals surface area (Å²) >= 11 is 1.42. The first-order chi connectivity index (χ1) is 11.5. The molecule has 24 heavy (non-hydrogen) atoms. The van der Waals surface area contributed by atoms with Crippen LogP contribution in [0.2, 0.25) is 0 Å². The number of nitrogens with zero attached hydrogens (tertiary/aromatic N) is 2. The zero-order valence-electron chi connectivity index (χ0n) is 13.3. The molecular formula is C18H16FN3OS. The smallest absolute Gasteiger partial charge is 0.261 e. The van der Waals surface area contributed by atoms with Gasteiger partial charge in [-0.25, -0.2) is 14.4 Å². The largest absolute Gasteiger partial charge is 0.346 e. The second-order valence-corrected chi connectivity index (χ2v) is 6.62. The quantitative estimate of drug-likeness (QED) is 0.783. The lowest BCUT2D eigenvalue weighted by atomic mass is 10.1. The molecule has 122 valence electrons. The maximum absolute atomic E-state index is 13.1. The average molecular weight is 341 g/mol. The predicted octanol–water partition coefficient (Wildman–Crippen LogP) is 3.89. The van der Waals surface area contributed by atoms with E-state index in [4.69, 9.17) is 0 Å². The lowest BCUT2D eigenvalue weighted by Gasteiger charge is -2.03. The van der Waals surface area contributed by atoms with Crippen molar-refractivity contribution < 1.29 is 9.18 Å². The Labute approximate surface area is 143 Å². The van der Waals surface area contributed by atoms with Crippen molar-refractivity contribution in [3.63, 3.8) is 0 Å². The summed E-state index contributed by atoms with van der Waals surface area (Å²) in [7, 11) is 0. The van der Waals surface area contributed by atoms with Crippen molar-refractivity contribution in [2.45, 2.75) is 20.4 Å². The number of halogens is 1. The van der Waals surface area contributed by atoms with E-state index in [2.05, 4.69) is 15.3 Å². The first kappa shape index (κ1) is 16.3. The number of aryl methyl sites for hydroxylation is 2. The van der Waals surface area contributed by atoms with Crippen LogP contribution in [0.5, 0.6) is 0 Å². The first-order valence-electron chi connectivity index (χ1n) is 7.46. The molecule has 0 saturated heterocycles. The molecule has 0 spiro atoms. The molecule has 2 heterocycles. The van der Waals surface area contributed by atoms with E-state index in [0.717, 1.165) is 21.7 Å². The highest BCUT2D eigenvalue weighted by atomic mass is 32.1. The van der Waals surface area contributed by atoms with Crippen molar-refractivity contribution in [1.29, 1.82) is 0 Å². The summed E-state index contributed by atoms with van der Waals surface area (Å²) in [6.45, 7) is 4.11. The molecule has 4 nitrogen and oxygen atoms in total. The van der Waals surface area contributed by atoms with Gasteiger partial charge in [0.25, 0.3) is 5.91 Å². The summed E-state index contributed by atoms with van der Waals surface area (Å²) in [6.07, 6.45) is 1.67. The molecule has 1 aromatic carbocycles. The van der Waals surface area contributed by atoms with Gasteiger partial charge in [-0.05, 0) is 49.2 Å². The maximum atomic E-state index is 13.1. The fourth-order valence-electron chi connectivity index (χ4n) is 2.37. The molecule has 0 aliphatic carbocycles. The van der Waals surface area contributed by atoms with Gasteiger partial charge >= 0.3 is 0 Å². The van der Waals surface area contributed by atoms with Gasteiger partial charge in [-0.3, -0.25) is 4.79 Å². The molecule has 2 aromatic heterocycles. The Morgan fingerprint density at radius 2 is 1.96 bits per heavy atom. The molecule has 0 saturated carbocycles. The number of carbonyl (C=O) groups excluding carboxylic acids is 1. The zero-order valence-corrected chi connectivity index (χ0v) is 14.2. The number of hydrogen-bond donors (Lipinski definition) is 1. The molecule has 6 heteroatoms. The van der Waals surface area contributed by atoms with Gasteiger partial charge in [-0.2, -0.15) is 0 Å². The van der Waals surface area contributed by atoms with Crippen LogP contribution in [-0.4, -0.2) is 15.9 Å². The lowest BCUT2D eigenvalue weighted by molar-refractivity contribution is 0.0954. The van der Waals surface area contributed by atoms with Crippen LogP contribution in [0.1, 0.15) is 26.1 Å². The van der Waals surface area contributed by atoms with E-state index in [1.165, 1.54) is 23.5 Å². The molecule has 3 aromatic rings. The topological polar surface area (TPSA) is 54.9 Å². The molecule has 0 radical (unpaired) electrons. The predicted molar refractivity (Wildman–Crippen MR) is 92.4 cm³/mol. The Kier molecular flexibility index (Phi) is 4.66. The number of thiophene rings is 1. The SMILES string of the molecule is Cc1nccc(CNC(=O)c2cc(-c3ccc(F)cc3)c(C)s2)n1. The van der Waals surface area contributed by atoms with Crippen LogP contribution in [0.3, 0.4) is 0 Å². The van der Waals surface area contributed by atoms with E-state index >= 15 is 0 Å². The summed E-state index contributed by atoms with van der Waals surface area (Å²) in [6, 6.07) is 9.89. The highest BCUT2D eigenvalue weighted by molar-refractivity contribution is 7.14. The van der Waals surface area contributed by atoms with Crippen LogP contribution in [-0.2, 0) is 6.54 Å². The lowest BCUT2D eigenvalue weighted by Crippen LogP contribution is -2.22. The average Bonchev–Trinajstić information content (AvgIpc) is 2.95. The number of carbonyl (C=O) groups is 1. The minimum Gasteiger partial charge on any atom is -0.346 e. The Bertz CT molecular complexity index is 874. The number of aromatic nitrogens is 2. The second kappa shape index (κ2) is 6.88. The molecule has 1 amide bonds. The van der Waals surface area contributed by atoms with Crippen LogP contribution >= 0.6 is 11.3 Å². The third kappa shape index (κ3) is 3.65. The molecule has 0 fully saturated rings. The standard InChI is InChI=1S/C18H16FN3OS/c1-11-16(13-3-5-14(19)6-4-13)9-17(24-11)18(23)21-10-15-7-8-20-12(2)22-15/h3-9H,10H2,1-2H3,(H,21,23). The van der Waals surface area contributed by atoms with E-state index < -0.39 is 0 Å². The minimum atomic E-state index is -0.273. The van der Waals surface area contributed by atoms with Crippen molar-refractivity contribution in [2.24, 2.45) is 0 Å². The van der Waals surface area contributed by atoms with Crippen LogP contribution < -0.4 is 5.32 Å². The Balaban J connectivity index is 1.74. The van der Waals surface area contributed by atoms with Crippen molar-refractivity contribution >= 4 is 17.2 Å². The fraction of sp³-hybridized carbons (Fsp3) is 0.167. The third-order valence-electron chi connectivity index (χ3n) is 3.56. The molecular weight excluding hydrogens is 325 g/mol. The molecule has 3 rings (SSSR count). The van der Waals surface area contributed by atoms with E-state index in [0.29, 0.717) is 17.2 Å². The number of benzene rings is 1. The van der Waals surface area contributed by atoms with E-state index in [-0.39, 0.29) is 11.7 Å². The molecule has 0 aliphatic heterocycles. The van der Waals surface area contributed by atoms with Gasteiger partial charge in [-0.15, -0.1) is 11.3 Å². The summed E-state index contributed by atoms with van der Waals surface area (Å²) in [5, 5.41) is 2.86. The monoisotopic (exact) mass is 341 g/mol. The van der Waals surface area contributed by atoms with Gasteiger partial charge in [0.2, 0.25) is 0 Å². The van der Waals surface area contributed by atoms with Crippen LogP contribution in [0.25, 0.3) is 11.1 Å². The minimum absolute atomic E-state index is 0.146. The van der Waals surface area contributed by atoms with Gasteiger partial charge in [0.15, 0.2) is 0 Å². The summed E-state index contributed by atoms with van der Waals surface area (Å²) in [5.41, 5.74) is 2.61. The van der Waals surface area contributed by atoms with Gasteiger partial charge in [0.1, 0.15) is 11.6 Å². The van der Waals surface area contributed by atoms with Gasteiger partial charge < -0.3 is 5.32 Å².